The van der Waals surface area contributed by atoms with Crippen molar-refractivity contribution in [2.75, 3.05) is 11.9 Å². The van der Waals surface area contributed by atoms with E-state index in [1.54, 1.807) is 12.4 Å². The largest absolute Gasteiger partial charge is 0.329 e. The number of carbonyl (C=O) groups is 2. The minimum Gasteiger partial charge on any atom is -0.329 e. The molecule has 2 amide bonds. The topological polar surface area (TPSA) is 62.3 Å². The molecule has 0 aliphatic rings. The lowest BCUT2D eigenvalue weighted by Crippen LogP contribution is -2.36. The maximum atomic E-state index is 12.2. The molecular formula is C18H21N3O2. The van der Waals surface area contributed by atoms with Crippen molar-refractivity contribution in [2.45, 2.75) is 27.3 Å². The van der Waals surface area contributed by atoms with Crippen LogP contribution in [0.3, 0.4) is 0 Å². The van der Waals surface area contributed by atoms with E-state index < -0.39 is 0 Å². The number of nitrogens with one attached hydrogen (secondary N) is 1. The molecule has 2 aromatic rings. The summed E-state index contributed by atoms with van der Waals surface area (Å²) < 4.78 is 0. The molecule has 0 fully saturated rings. The van der Waals surface area contributed by atoms with Crippen LogP contribution in [0.2, 0.25) is 0 Å². The van der Waals surface area contributed by atoms with Gasteiger partial charge in [-0.1, -0.05) is 6.07 Å². The van der Waals surface area contributed by atoms with Crippen molar-refractivity contribution in [3.05, 3.63) is 59.4 Å². The fraction of sp³-hybridized carbons (Fsp3) is 0.278. The summed E-state index contributed by atoms with van der Waals surface area (Å²) in [6.07, 6.45) is 3.34. The summed E-state index contributed by atoms with van der Waals surface area (Å²) in [7, 11) is 0. The number of aromatic nitrogens is 1. The zero-order valence-electron chi connectivity index (χ0n) is 13.7. The van der Waals surface area contributed by atoms with Gasteiger partial charge in [-0.25, -0.2) is 0 Å². The summed E-state index contributed by atoms with van der Waals surface area (Å²) in [6, 6.07) is 9.41. The number of hydrogen-bond donors (Lipinski definition) is 1. The number of aryl methyl sites for hydroxylation is 2. The van der Waals surface area contributed by atoms with Gasteiger partial charge in [-0.05, 0) is 54.8 Å². The lowest BCUT2D eigenvalue weighted by molar-refractivity contribution is -0.133. The molecule has 120 valence electrons. The molecule has 0 saturated heterocycles. The molecule has 1 N–H and O–H groups in total. The molecule has 0 aliphatic carbocycles. The molecule has 23 heavy (non-hydrogen) atoms. The normalized spacial score (nSPS) is 10.2. The Morgan fingerprint density at radius 1 is 1.09 bits per heavy atom. The highest BCUT2D eigenvalue weighted by Gasteiger charge is 2.14. The predicted molar refractivity (Wildman–Crippen MR) is 89.9 cm³/mol. The standard InChI is InChI=1S/C18H21N3O2/c1-13-4-5-17(10-14(13)2)20-18(23)12-21(15(3)22)11-16-6-8-19-9-7-16/h4-10H,11-12H2,1-3H3,(H,20,23). The lowest BCUT2D eigenvalue weighted by atomic mass is 10.1. The van der Waals surface area contributed by atoms with Gasteiger partial charge in [-0.3, -0.25) is 14.6 Å². The molecule has 5 heteroatoms. The molecule has 5 nitrogen and oxygen atoms in total. The van der Waals surface area contributed by atoms with Gasteiger partial charge in [-0.15, -0.1) is 0 Å². The minimum absolute atomic E-state index is 0.0184. The van der Waals surface area contributed by atoms with Crippen LogP contribution in [-0.4, -0.2) is 28.2 Å². The van der Waals surface area contributed by atoms with Crippen molar-refractivity contribution in [1.29, 1.82) is 0 Å². The first kappa shape index (κ1) is 16.7. The van der Waals surface area contributed by atoms with Gasteiger partial charge < -0.3 is 10.2 Å². The number of carbonyl (C=O) groups excluding carboxylic acids is 2. The quantitative estimate of drug-likeness (QED) is 0.923. The van der Waals surface area contributed by atoms with Gasteiger partial charge in [0, 0.05) is 31.5 Å². The van der Waals surface area contributed by atoms with E-state index in [4.69, 9.17) is 0 Å². The molecule has 0 radical (unpaired) electrons. The third kappa shape index (κ3) is 4.92. The molecule has 1 heterocycles. The fourth-order valence-corrected chi connectivity index (χ4v) is 2.18. The van der Waals surface area contributed by atoms with Crippen molar-refractivity contribution in [2.24, 2.45) is 0 Å². The van der Waals surface area contributed by atoms with E-state index >= 15 is 0 Å². The number of anilines is 1. The smallest absolute Gasteiger partial charge is 0.244 e. The molecule has 1 aromatic heterocycles. The first-order valence-electron chi connectivity index (χ1n) is 7.47. The molecule has 0 atom stereocenters. The monoisotopic (exact) mass is 311 g/mol. The molecule has 0 saturated carbocycles. The summed E-state index contributed by atoms with van der Waals surface area (Å²) in [5, 5.41) is 2.84. The van der Waals surface area contributed by atoms with E-state index in [1.165, 1.54) is 17.4 Å². The van der Waals surface area contributed by atoms with Gasteiger partial charge in [0.1, 0.15) is 6.54 Å². The van der Waals surface area contributed by atoms with E-state index in [0.29, 0.717) is 6.54 Å². The van der Waals surface area contributed by atoms with Gasteiger partial charge in [0.15, 0.2) is 0 Å². The Morgan fingerprint density at radius 2 is 1.78 bits per heavy atom. The third-order valence-electron chi connectivity index (χ3n) is 3.69. The Kier molecular flexibility index (Phi) is 5.46. The maximum absolute atomic E-state index is 12.2. The minimum atomic E-state index is -0.211. The number of pyridine rings is 1. The zero-order chi connectivity index (χ0) is 16.8. The van der Waals surface area contributed by atoms with Crippen molar-refractivity contribution in [3.63, 3.8) is 0 Å². The molecule has 1 aromatic carbocycles. The lowest BCUT2D eigenvalue weighted by Gasteiger charge is -2.20. The SMILES string of the molecule is CC(=O)N(CC(=O)Nc1ccc(C)c(C)c1)Cc1ccncc1. The van der Waals surface area contributed by atoms with Gasteiger partial charge in [0.25, 0.3) is 0 Å². The molecule has 0 unspecified atom stereocenters. The van der Waals surface area contributed by atoms with Gasteiger partial charge >= 0.3 is 0 Å². The van der Waals surface area contributed by atoms with Crippen LogP contribution >= 0.6 is 0 Å². The second-order valence-electron chi connectivity index (χ2n) is 5.58. The van der Waals surface area contributed by atoms with Crippen molar-refractivity contribution in [1.82, 2.24) is 9.88 Å². The number of benzene rings is 1. The van der Waals surface area contributed by atoms with Crippen LogP contribution in [0.5, 0.6) is 0 Å². The van der Waals surface area contributed by atoms with E-state index in [2.05, 4.69) is 10.3 Å². The van der Waals surface area contributed by atoms with Crippen molar-refractivity contribution in [3.8, 4) is 0 Å². The Hall–Kier alpha value is -2.69. The Labute approximate surface area is 136 Å². The molecule has 0 aliphatic heterocycles. The molecule has 2 rings (SSSR count). The molecule has 0 bridgehead atoms. The van der Waals surface area contributed by atoms with Crippen LogP contribution in [-0.2, 0) is 16.1 Å². The Bertz CT molecular complexity index is 699. The van der Waals surface area contributed by atoms with E-state index in [9.17, 15) is 9.59 Å². The van der Waals surface area contributed by atoms with Crippen LogP contribution in [0.25, 0.3) is 0 Å². The van der Waals surface area contributed by atoms with E-state index in [-0.39, 0.29) is 18.4 Å². The third-order valence-corrected chi connectivity index (χ3v) is 3.69. The fourth-order valence-electron chi connectivity index (χ4n) is 2.18. The van der Waals surface area contributed by atoms with Crippen molar-refractivity contribution >= 4 is 17.5 Å². The van der Waals surface area contributed by atoms with Crippen LogP contribution in [0.4, 0.5) is 5.69 Å². The number of amides is 2. The highest BCUT2D eigenvalue weighted by molar-refractivity contribution is 5.94. The maximum Gasteiger partial charge on any atom is 0.244 e. The summed E-state index contributed by atoms with van der Waals surface area (Å²) in [5.74, 6) is -0.352. The highest BCUT2D eigenvalue weighted by atomic mass is 16.2. The summed E-state index contributed by atoms with van der Waals surface area (Å²) in [6.45, 7) is 5.89. The molecule has 0 spiro atoms. The van der Waals surface area contributed by atoms with Crippen LogP contribution in [0.15, 0.2) is 42.7 Å². The van der Waals surface area contributed by atoms with Gasteiger partial charge in [-0.2, -0.15) is 0 Å². The summed E-state index contributed by atoms with van der Waals surface area (Å²) >= 11 is 0. The summed E-state index contributed by atoms with van der Waals surface area (Å²) in [4.78, 5) is 29.4. The second kappa shape index (κ2) is 7.54. The number of hydrogen-bond acceptors (Lipinski definition) is 3. The number of nitrogens with zero attached hydrogens (tertiary/aromatic N) is 2. The Morgan fingerprint density at radius 3 is 2.39 bits per heavy atom. The Balaban J connectivity index is 2.00. The van der Waals surface area contributed by atoms with Gasteiger partial charge in [0.2, 0.25) is 11.8 Å². The first-order valence-corrected chi connectivity index (χ1v) is 7.47. The van der Waals surface area contributed by atoms with E-state index in [0.717, 1.165) is 16.8 Å². The predicted octanol–water partition coefficient (Wildman–Crippen LogP) is 2.69. The zero-order valence-corrected chi connectivity index (χ0v) is 13.7. The first-order chi connectivity index (χ1) is 11.0. The van der Waals surface area contributed by atoms with Crippen LogP contribution in [0.1, 0.15) is 23.6 Å². The average Bonchev–Trinajstić information content (AvgIpc) is 2.51. The number of rotatable bonds is 5. The summed E-state index contributed by atoms with van der Waals surface area (Å²) in [5.41, 5.74) is 3.97. The van der Waals surface area contributed by atoms with Crippen LogP contribution in [0, 0.1) is 13.8 Å². The highest BCUT2D eigenvalue weighted by Crippen LogP contribution is 2.14. The van der Waals surface area contributed by atoms with Crippen molar-refractivity contribution < 1.29 is 9.59 Å². The second-order valence-corrected chi connectivity index (χ2v) is 5.58. The average molecular weight is 311 g/mol. The van der Waals surface area contributed by atoms with Crippen LogP contribution < -0.4 is 5.32 Å². The van der Waals surface area contributed by atoms with E-state index in [1.807, 2.05) is 44.2 Å². The molecular weight excluding hydrogens is 290 g/mol. The van der Waals surface area contributed by atoms with Gasteiger partial charge in [0.05, 0.1) is 0 Å².